The molecule has 7 heteroatoms. The average Bonchev–Trinajstić information content (AvgIpc) is 3.27. The quantitative estimate of drug-likeness (QED) is 0.591. The van der Waals surface area contributed by atoms with Gasteiger partial charge in [-0.15, -0.1) is 11.8 Å². The summed E-state index contributed by atoms with van der Waals surface area (Å²) in [5.74, 6) is 1.75. The molecule has 1 N–H and O–H groups in total. The second-order valence-corrected chi connectivity index (χ2v) is 10.7. The highest BCUT2D eigenvalue weighted by molar-refractivity contribution is 8.00. The Morgan fingerprint density at radius 1 is 1.06 bits per heavy atom. The molecule has 0 bridgehead atoms. The van der Waals surface area contributed by atoms with E-state index in [0.717, 1.165) is 12.0 Å². The molecule has 0 spiro atoms. The minimum absolute atomic E-state index is 0.00334. The molecule has 0 radical (unpaired) electrons. The van der Waals surface area contributed by atoms with Gasteiger partial charge in [0.1, 0.15) is 6.04 Å². The molecule has 2 amide bonds. The van der Waals surface area contributed by atoms with Crippen LogP contribution in [0.3, 0.4) is 0 Å². The van der Waals surface area contributed by atoms with E-state index in [1.807, 2.05) is 42.5 Å². The molecule has 2 unspecified atom stereocenters. The normalized spacial score (nSPS) is 18.0. The number of carbonyl (C=O) groups is 2. The van der Waals surface area contributed by atoms with Crippen molar-refractivity contribution in [3.8, 4) is 11.5 Å². The predicted molar refractivity (Wildman–Crippen MR) is 138 cm³/mol. The van der Waals surface area contributed by atoms with Gasteiger partial charge in [0.2, 0.25) is 5.91 Å². The minimum atomic E-state index is -0.477. The van der Waals surface area contributed by atoms with E-state index in [2.05, 4.69) is 33.0 Å². The molecular weight excluding hydrogens is 448 g/mol. The first-order valence-electron chi connectivity index (χ1n) is 11.7. The van der Waals surface area contributed by atoms with Gasteiger partial charge in [-0.25, -0.2) is 0 Å². The maximum absolute atomic E-state index is 13.4. The SMILES string of the molecule is CCC1SCC(C(=O)NCCc2ccc(OC)c(OC)c2)N1C(=O)c1ccc(C(C)(C)C)cc1. The van der Waals surface area contributed by atoms with Crippen molar-refractivity contribution in [3.05, 3.63) is 59.2 Å². The van der Waals surface area contributed by atoms with Gasteiger partial charge in [-0.05, 0) is 53.6 Å². The monoisotopic (exact) mass is 484 g/mol. The Bertz CT molecular complexity index is 1000. The Morgan fingerprint density at radius 2 is 1.74 bits per heavy atom. The Kier molecular flexibility index (Phi) is 8.52. The van der Waals surface area contributed by atoms with Gasteiger partial charge in [0.15, 0.2) is 11.5 Å². The van der Waals surface area contributed by atoms with Crippen LogP contribution in [-0.4, -0.2) is 54.6 Å². The molecule has 1 fully saturated rings. The molecule has 184 valence electrons. The Morgan fingerprint density at radius 3 is 2.32 bits per heavy atom. The standard InChI is InChI=1S/C27H36N2O4S/c1-7-24-29(26(31)19-9-11-20(12-10-19)27(2,3)4)21(17-34-24)25(30)28-15-14-18-8-13-22(32-5)23(16-18)33-6/h8-13,16,21,24H,7,14-15,17H2,1-6H3,(H,28,30). The van der Waals surface area contributed by atoms with Gasteiger partial charge in [-0.1, -0.05) is 45.9 Å². The number of nitrogens with one attached hydrogen (secondary N) is 1. The number of ether oxygens (including phenoxy) is 2. The highest BCUT2D eigenvalue weighted by atomic mass is 32.2. The van der Waals surface area contributed by atoms with Crippen molar-refractivity contribution in [1.29, 1.82) is 0 Å². The summed E-state index contributed by atoms with van der Waals surface area (Å²) in [6.45, 7) is 8.98. The molecule has 2 atom stereocenters. The summed E-state index contributed by atoms with van der Waals surface area (Å²) in [7, 11) is 3.21. The van der Waals surface area contributed by atoms with E-state index < -0.39 is 6.04 Å². The fourth-order valence-electron chi connectivity index (χ4n) is 4.10. The minimum Gasteiger partial charge on any atom is -0.493 e. The summed E-state index contributed by atoms with van der Waals surface area (Å²) >= 11 is 1.67. The van der Waals surface area contributed by atoms with Crippen LogP contribution in [0.5, 0.6) is 11.5 Å². The van der Waals surface area contributed by atoms with E-state index in [-0.39, 0.29) is 22.6 Å². The van der Waals surface area contributed by atoms with Crippen LogP contribution in [0, 0.1) is 0 Å². The van der Waals surface area contributed by atoms with Gasteiger partial charge in [-0.2, -0.15) is 0 Å². The third kappa shape index (κ3) is 5.87. The summed E-state index contributed by atoms with van der Waals surface area (Å²) in [5.41, 5.74) is 2.86. The van der Waals surface area contributed by atoms with Crippen molar-refractivity contribution < 1.29 is 19.1 Å². The van der Waals surface area contributed by atoms with E-state index in [9.17, 15) is 9.59 Å². The van der Waals surface area contributed by atoms with Crippen molar-refractivity contribution >= 4 is 23.6 Å². The van der Waals surface area contributed by atoms with E-state index in [4.69, 9.17) is 9.47 Å². The number of amides is 2. The van der Waals surface area contributed by atoms with Crippen molar-refractivity contribution in [1.82, 2.24) is 10.2 Å². The van der Waals surface area contributed by atoms with Crippen LogP contribution in [0.25, 0.3) is 0 Å². The van der Waals surface area contributed by atoms with Gasteiger partial charge in [0, 0.05) is 17.9 Å². The third-order valence-corrected chi connectivity index (χ3v) is 7.59. The number of methoxy groups -OCH3 is 2. The molecule has 1 aliphatic rings. The molecule has 2 aromatic carbocycles. The lowest BCUT2D eigenvalue weighted by Crippen LogP contribution is -2.50. The number of carbonyl (C=O) groups excluding carboxylic acids is 2. The molecule has 34 heavy (non-hydrogen) atoms. The highest BCUT2D eigenvalue weighted by Crippen LogP contribution is 2.33. The fourth-order valence-corrected chi connectivity index (χ4v) is 5.45. The predicted octanol–water partition coefficient (Wildman–Crippen LogP) is 4.65. The van der Waals surface area contributed by atoms with Gasteiger partial charge in [-0.3, -0.25) is 9.59 Å². The first kappa shape index (κ1) is 25.9. The largest absolute Gasteiger partial charge is 0.493 e. The molecule has 6 nitrogen and oxygen atoms in total. The van der Waals surface area contributed by atoms with E-state index >= 15 is 0 Å². The Labute approximate surface area is 207 Å². The van der Waals surface area contributed by atoms with E-state index in [1.54, 1.807) is 30.9 Å². The Balaban J connectivity index is 1.66. The number of nitrogens with zero attached hydrogens (tertiary/aromatic N) is 1. The topological polar surface area (TPSA) is 67.9 Å². The average molecular weight is 485 g/mol. The number of hydrogen-bond donors (Lipinski definition) is 1. The van der Waals surface area contributed by atoms with Crippen LogP contribution < -0.4 is 14.8 Å². The molecule has 0 aliphatic carbocycles. The molecule has 1 aliphatic heterocycles. The van der Waals surface area contributed by atoms with Crippen LogP contribution in [0.1, 0.15) is 55.6 Å². The zero-order valence-corrected chi connectivity index (χ0v) is 21.8. The van der Waals surface area contributed by atoms with Crippen molar-refractivity contribution in [2.24, 2.45) is 0 Å². The van der Waals surface area contributed by atoms with Gasteiger partial charge >= 0.3 is 0 Å². The molecule has 0 aromatic heterocycles. The lowest BCUT2D eigenvalue weighted by Gasteiger charge is -2.28. The molecule has 1 saturated heterocycles. The van der Waals surface area contributed by atoms with Gasteiger partial charge < -0.3 is 19.7 Å². The van der Waals surface area contributed by atoms with Crippen LogP contribution in [0.15, 0.2) is 42.5 Å². The maximum atomic E-state index is 13.4. The van der Waals surface area contributed by atoms with Gasteiger partial charge in [0.05, 0.1) is 19.6 Å². The number of rotatable bonds is 8. The lowest BCUT2D eigenvalue weighted by molar-refractivity contribution is -0.124. The summed E-state index contributed by atoms with van der Waals surface area (Å²) in [6.07, 6.45) is 1.46. The van der Waals surface area contributed by atoms with Crippen molar-refractivity contribution in [2.45, 2.75) is 57.4 Å². The fraction of sp³-hybridized carbons (Fsp3) is 0.481. The van der Waals surface area contributed by atoms with Crippen molar-refractivity contribution in [2.75, 3.05) is 26.5 Å². The van der Waals surface area contributed by atoms with Crippen LogP contribution >= 0.6 is 11.8 Å². The molecular formula is C27H36N2O4S. The third-order valence-electron chi connectivity index (χ3n) is 6.14. The summed E-state index contributed by atoms with van der Waals surface area (Å²) in [4.78, 5) is 28.3. The zero-order chi connectivity index (χ0) is 24.9. The van der Waals surface area contributed by atoms with E-state index in [0.29, 0.717) is 35.8 Å². The van der Waals surface area contributed by atoms with Crippen molar-refractivity contribution in [3.63, 3.8) is 0 Å². The molecule has 1 heterocycles. The second-order valence-electron chi connectivity index (χ2n) is 9.48. The van der Waals surface area contributed by atoms with E-state index in [1.165, 1.54) is 5.56 Å². The zero-order valence-electron chi connectivity index (χ0n) is 21.0. The second kappa shape index (κ2) is 11.2. The van der Waals surface area contributed by atoms with Gasteiger partial charge in [0.25, 0.3) is 5.91 Å². The first-order valence-corrected chi connectivity index (χ1v) is 12.8. The molecule has 2 aromatic rings. The Hall–Kier alpha value is -2.67. The maximum Gasteiger partial charge on any atom is 0.255 e. The summed E-state index contributed by atoms with van der Waals surface area (Å²) in [6, 6.07) is 13.0. The smallest absolute Gasteiger partial charge is 0.255 e. The summed E-state index contributed by atoms with van der Waals surface area (Å²) in [5, 5.41) is 3.03. The molecule has 3 rings (SSSR count). The highest BCUT2D eigenvalue weighted by Gasteiger charge is 2.40. The van der Waals surface area contributed by atoms with Crippen LogP contribution in [0.4, 0.5) is 0 Å². The number of thioether (sulfide) groups is 1. The number of hydrogen-bond acceptors (Lipinski definition) is 5. The summed E-state index contributed by atoms with van der Waals surface area (Å²) < 4.78 is 10.6. The lowest BCUT2D eigenvalue weighted by atomic mass is 9.86. The first-order chi connectivity index (χ1) is 16.2. The van der Waals surface area contributed by atoms with Crippen LogP contribution in [-0.2, 0) is 16.6 Å². The van der Waals surface area contributed by atoms with Crippen LogP contribution in [0.2, 0.25) is 0 Å². The number of benzene rings is 2. The molecule has 0 saturated carbocycles.